The van der Waals surface area contributed by atoms with Crippen molar-refractivity contribution in [3.8, 4) is 5.75 Å². The zero-order valence-electron chi connectivity index (χ0n) is 13.3. The lowest BCUT2D eigenvalue weighted by Crippen LogP contribution is -2.41. The van der Waals surface area contributed by atoms with Crippen LogP contribution >= 0.6 is 0 Å². The van der Waals surface area contributed by atoms with Gasteiger partial charge < -0.3 is 15.2 Å². The molecule has 0 spiro atoms. The van der Waals surface area contributed by atoms with Crippen molar-refractivity contribution in [2.45, 2.75) is 32.7 Å². The summed E-state index contributed by atoms with van der Waals surface area (Å²) in [6, 6.07) is 1.13. The molecule has 0 aromatic carbocycles. The molecule has 2 N–H and O–H groups in total. The van der Waals surface area contributed by atoms with Crippen LogP contribution in [0.2, 0.25) is 0 Å². The van der Waals surface area contributed by atoms with E-state index in [1.807, 2.05) is 0 Å². The maximum Gasteiger partial charge on any atom is 0.330 e. The second-order valence-corrected chi connectivity index (χ2v) is 5.58. The maximum absolute atomic E-state index is 14.3. The van der Waals surface area contributed by atoms with Gasteiger partial charge in [-0.15, -0.1) is 0 Å². The molecule has 124 valence electrons. The summed E-state index contributed by atoms with van der Waals surface area (Å²) in [5, 5.41) is 12.6. The van der Waals surface area contributed by atoms with Crippen LogP contribution in [0.3, 0.4) is 0 Å². The summed E-state index contributed by atoms with van der Waals surface area (Å²) >= 11 is 0. The second-order valence-electron chi connectivity index (χ2n) is 5.58. The molecule has 0 aliphatic rings. The van der Waals surface area contributed by atoms with E-state index in [-0.39, 0.29) is 17.0 Å². The SMILES string of the molecule is CCc1nc2c(F)cc(NC(C)(C)C(=O)OC)cn2c(=O)c1O. The number of methoxy groups -OCH3 is 1. The van der Waals surface area contributed by atoms with Crippen LogP contribution in [0.4, 0.5) is 10.1 Å². The van der Waals surface area contributed by atoms with Gasteiger partial charge in [-0.3, -0.25) is 9.20 Å². The van der Waals surface area contributed by atoms with Gasteiger partial charge in [0.1, 0.15) is 5.54 Å². The van der Waals surface area contributed by atoms with E-state index in [1.165, 1.54) is 13.3 Å². The van der Waals surface area contributed by atoms with E-state index in [4.69, 9.17) is 0 Å². The second kappa shape index (κ2) is 5.86. The normalized spacial score (nSPS) is 11.5. The highest BCUT2D eigenvalue weighted by Crippen LogP contribution is 2.20. The van der Waals surface area contributed by atoms with E-state index >= 15 is 0 Å². The van der Waals surface area contributed by atoms with E-state index in [2.05, 4.69) is 15.0 Å². The van der Waals surface area contributed by atoms with E-state index in [1.54, 1.807) is 20.8 Å². The fourth-order valence-corrected chi connectivity index (χ4v) is 2.22. The van der Waals surface area contributed by atoms with Crippen molar-refractivity contribution in [2.75, 3.05) is 12.4 Å². The third-order valence-corrected chi connectivity index (χ3v) is 3.42. The van der Waals surface area contributed by atoms with Crippen LogP contribution in [0.1, 0.15) is 26.5 Å². The Morgan fingerprint density at radius 1 is 1.52 bits per heavy atom. The fourth-order valence-electron chi connectivity index (χ4n) is 2.22. The summed E-state index contributed by atoms with van der Waals surface area (Å²) in [5.41, 5.74) is -1.78. The molecule has 2 rings (SSSR count). The number of aromatic nitrogens is 2. The van der Waals surface area contributed by atoms with E-state index in [9.17, 15) is 19.1 Å². The predicted octanol–water partition coefficient (Wildman–Crippen LogP) is 1.47. The lowest BCUT2D eigenvalue weighted by molar-refractivity contribution is -0.144. The third-order valence-electron chi connectivity index (χ3n) is 3.42. The minimum atomic E-state index is -1.13. The Balaban J connectivity index is 2.60. The fraction of sp³-hybridized carbons (Fsp3) is 0.400. The number of anilines is 1. The summed E-state index contributed by atoms with van der Waals surface area (Å²) in [5.74, 6) is -1.82. The topological polar surface area (TPSA) is 92.9 Å². The van der Waals surface area contributed by atoms with Gasteiger partial charge in [0.2, 0.25) is 5.75 Å². The van der Waals surface area contributed by atoms with Crippen molar-refractivity contribution in [1.29, 1.82) is 0 Å². The number of fused-ring (bicyclic) bond motifs is 1. The van der Waals surface area contributed by atoms with Gasteiger partial charge >= 0.3 is 5.97 Å². The zero-order valence-corrected chi connectivity index (χ0v) is 13.3. The Bertz CT molecular complexity index is 830. The number of ether oxygens (including phenoxy) is 1. The smallest absolute Gasteiger partial charge is 0.330 e. The molecule has 0 saturated heterocycles. The molecule has 2 aromatic heterocycles. The standard InChI is InChI=1S/C15H18FN3O4/c1-5-10-11(20)13(21)19-7-8(6-9(16)12(19)17-10)18-15(2,3)14(22)23-4/h6-7,18,20H,5H2,1-4H3. The van der Waals surface area contributed by atoms with Gasteiger partial charge in [-0.1, -0.05) is 6.92 Å². The van der Waals surface area contributed by atoms with Crippen molar-refractivity contribution in [3.63, 3.8) is 0 Å². The summed E-state index contributed by atoms with van der Waals surface area (Å²) in [6.45, 7) is 4.81. The molecular formula is C15H18FN3O4. The van der Waals surface area contributed by atoms with Gasteiger partial charge in [0.05, 0.1) is 18.5 Å². The number of halogens is 1. The van der Waals surface area contributed by atoms with Crippen LogP contribution < -0.4 is 10.9 Å². The zero-order chi connectivity index (χ0) is 17.4. The van der Waals surface area contributed by atoms with Crippen LogP contribution in [0.5, 0.6) is 5.75 Å². The van der Waals surface area contributed by atoms with Crippen LogP contribution in [0, 0.1) is 5.82 Å². The van der Waals surface area contributed by atoms with E-state index < -0.39 is 28.6 Å². The van der Waals surface area contributed by atoms with Crippen molar-refractivity contribution >= 4 is 17.3 Å². The summed E-state index contributed by atoms with van der Waals surface area (Å²) in [6.07, 6.45) is 1.57. The molecule has 0 aliphatic heterocycles. The first-order chi connectivity index (χ1) is 10.7. The highest BCUT2D eigenvalue weighted by atomic mass is 19.1. The van der Waals surface area contributed by atoms with Crippen molar-refractivity contribution in [3.05, 3.63) is 34.1 Å². The number of esters is 1. The number of aromatic hydroxyl groups is 1. The first-order valence-electron chi connectivity index (χ1n) is 7.01. The van der Waals surface area contributed by atoms with Gasteiger partial charge in [-0.2, -0.15) is 0 Å². The Morgan fingerprint density at radius 2 is 2.17 bits per heavy atom. The van der Waals surface area contributed by atoms with E-state index in [0.717, 1.165) is 10.5 Å². The first kappa shape index (κ1) is 16.7. The predicted molar refractivity (Wildman–Crippen MR) is 82.2 cm³/mol. The molecule has 23 heavy (non-hydrogen) atoms. The minimum Gasteiger partial charge on any atom is -0.502 e. The molecule has 8 heteroatoms. The van der Waals surface area contributed by atoms with E-state index in [0.29, 0.717) is 6.42 Å². The molecule has 0 amide bonds. The van der Waals surface area contributed by atoms with Crippen LogP contribution in [0.25, 0.3) is 5.65 Å². The molecular weight excluding hydrogens is 305 g/mol. The number of carbonyl (C=O) groups is 1. The number of carbonyl (C=O) groups excluding carboxylic acids is 1. The Labute approximate surface area is 131 Å². The average Bonchev–Trinajstić information content (AvgIpc) is 2.50. The minimum absolute atomic E-state index is 0.129. The van der Waals surface area contributed by atoms with Crippen LogP contribution in [0.15, 0.2) is 17.1 Å². The largest absolute Gasteiger partial charge is 0.502 e. The highest BCUT2D eigenvalue weighted by molar-refractivity contribution is 5.83. The number of rotatable bonds is 4. The van der Waals surface area contributed by atoms with Gasteiger partial charge in [0, 0.05) is 12.3 Å². The molecule has 0 atom stereocenters. The number of hydrogen-bond donors (Lipinski definition) is 2. The van der Waals surface area contributed by atoms with Gasteiger partial charge in [-0.25, -0.2) is 14.2 Å². The molecule has 0 unspecified atom stereocenters. The van der Waals surface area contributed by atoms with Crippen molar-refractivity contribution < 1.29 is 19.0 Å². The Morgan fingerprint density at radius 3 is 2.74 bits per heavy atom. The molecule has 7 nitrogen and oxygen atoms in total. The molecule has 2 heterocycles. The number of nitrogens with one attached hydrogen (secondary N) is 1. The van der Waals surface area contributed by atoms with Crippen LogP contribution in [-0.4, -0.2) is 33.1 Å². The van der Waals surface area contributed by atoms with Gasteiger partial charge in [-0.05, 0) is 20.3 Å². The number of aryl methyl sites for hydroxylation is 1. The summed E-state index contributed by atoms with van der Waals surface area (Å²) in [7, 11) is 1.24. The number of hydrogen-bond acceptors (Lipinski definition) is 6. The number of nitrogens with zero attached hydrogens (tertiary/aromatic N) is 2. The van der Waals surface area contributed by atoms with Gasteiger partial charge in [0.25, 0.3) is 5.56 Å². The van der Waals surface area contributed by atoms with Crippen molar-refractivity contribution in [2.24, 2.45) is 0 Å². The average molecular weight is 323 g/mol. The molecule has 0 saturated carbocycles. The van der Waals surface area contributed by atoms with Crippen LogP contribution in [-0.2, 0) is 16.0 Å². The lowest BCUT2D eigenvalue weighted by Gasteiger charge is -2.24. The summed E-state index contributed by atoms with van der Waals surface area (Å²) in [4.78, 5) is 27.8. The Hall–Kier alpha value is -2.64. The van der Waals surface area contributed by atoms with Crippen molar-refractivity contribution in [1.82, 2.24) is 9.38 Å². The molecule has 2 aromatic rings. The number of pyridine rings is 1. The third kappa shape index (κ3) is 2.96. The highest BCUT2D eigenvalue weighted by Gasteiger charge is 2.29. The molecule has 0 fully saturated rings. The monoisotopic (exact) mass is 323 g/mol. The first-order valence-corrected chi connectivity index (χ1v) is 7.01. The maximum atomic E-state index is 14.3. The van der Waals surface area contributed by atoms with Gasteiger partial charge in [0.15, 0.2) is 11.5 Å². The quantitative estimate of drug-likeness (QED) is 0.828. The Kier molecular flexibility index (Phi) is 4.26. The summed E-state index contributed by atoms with van der Waals surface area (Å²) < 4.78 is 19.8. The molecule has 0 aliphatic carbocycles. The molecule has 0 radical (unpaired) electrons. The molecule has 0 bridgehead atoms. The lowest BCUT2D eigenvalue weighted by atomic mass is 10.1.